The minimum atomic E-state index is -0.101. The molecule has 1 saturated heterocycles. The van der Waals surface area contributed by atoms with Crippen molar-refractivity contribution in [3.8, 4) is 0 Å². The van der Waals surface area contributed by atoms with Crippen LogP contribution in [0.15, 0.2) is 34.9 Å². The molecule has 1 aliphatic heterocycles. The van der Waals surface area contributed by atoms with Crippen molar-refractivity contribution < 1.29 is 9.32 Å². The SMILES string of the molecule is Cc1noc(C)c1C(=O)NCC1CCCN1c1ccccc1. The number of hydrogen-bond acceptors (Lipinski definition) is 4. The van der Waals surface area contributed by atoms with Gasteiger partial charge in [-0.15, -0.1) is 0 Å². The van der Waals surface area contributed by atoms with Gasteiger partial charge in [-0.3, -0.25) is 4.79 Å². The molecule has 1 N–H and O–H groups in total. The van der Waals surface area contributed by atoms with Crippen LogP contribution in [0, 0.1) is 13.8 Å². The van der Waals surface area contributed by atoms with Crippen molar-refractivity contribution in [1.82, 2.24) is 10.5 Å². The van der Waals surface area contributed by atoms with Gasteiger partial charge in [0.05, 0.1) is 5.69 Å². The van der Waals surface area contributed by atoms with E-state index < -0.39 is 0 Å². The number of para-hydroxylation sites is 1. The molecule has 22 heavy (non-hydrogen) atoms. The van der Waals surface area contributed by atoms with Crippen LogP contribution in [0.25, 0.3) is 0 Å². The third-order valence-corrected chi connectivity index (χ3v) is 4.22. The number of benzene rings is 1. The number of nitrogens with one attached hydrogen (secondary N) is 1. The maximum atomic E-state index is 12.3. The highest BCUT2D eigenvalue weighted by atomic mass is 16.5. The first-order valence-electron chi connectivity index (χ1n) is 7.69. The number of anilines is 1. The third kappa shape index (κ3) is 2.84. The maximum Gasteiger partial charge on any atom is 0.256 e. The van der Waals surface area contributed by atoms with Crippen LogP contribution in [0.5, 0.6) is 0 Å². The molecule has 1 unspecified atom stereocenters. The van der Waals surface area contributed by atoms with Crippen LogP contribution in [0.4, 0.5) is 5.69 Å². The summed E-state index contributed by atoms with van der Waals surface area (Å²) in [6, 6.07) is 10.7. The Balaban J connectivity index is 1.65. The summed E-state index contributed by atoms with van der Waals surface area (Å²) < 4.78 is 5.06. The van der Waals surface area contributed by atoms with E-state index in [1.165, 1.54) is 5.69 Å². The van der Waals surface area contributed by atoms with E-state index in [0.717, 1.165) is 19.4 Å². The van der Waals surface area contributed by atoms with Gasteiger partial charge in [-0.1, -0.05) is 23.4 Å². The lowest BCUT2D eigenvalue weighted by molar-refractivity contribution is 0.0949. The van der Waals surface area contributed by atoms with Gasteiger partial charge in [-0.2, -0.15) is 0 Å². The van der Waals surface area contributed by atoms with E-state index in [-0.39, 0.29) is 5.91 Å². The quantitative estimate of drug-likeness (QED) is 0.943. The Bertz CT molecular complexity index is 632. The molecule has 1 aromatic carbocycles. The molecule has 1 amide bonds. The molecule has 3 rings (SSSR count). The molecule has 1 aromatic heterocycles. The van der Waals surface area contributed by atoms with Crippen molar-refractivity contribution in [2.75, 3.05) is 18.0 Å². The van der Waals surface area contributed by atoms with Crippen molar-refractivity contribution in [1.29, 1.82) is 0 Å². The highest BCUT2D eigenvalue weighted by Crippen LogP contribution is 2.24. The zero-order valence-corrected chi connectivity index (χ0v) is 13.0. The Morgan fingerprint density at radius 2 is 2.14 bits per heavy atom. The number of amides is 1. The molecule has 0 bridgehead atoms. The molecule has 1 fully saturated rings. The second-order valence-corrected chi connectivity index (χ2v) is 5.73. The number of carbonyl (C=O) groups is 1. The summed E-state index contributed by atoms with van der Waals surface area (Å²) in [5.41, 5.74) is 2.42. The molecular weight excluding hydrogens is 278 g/mol. The first-order valence-corrected chi connectivity index (χ1v) is 7.69. The van der Waals surface area contributed by atoms with Crippen LogP contribution < -0.4 is 10.2 Å². The Morgan fingerprint density at radius 1 is 1.36 bits per heavy atom. The molecule has 5 heteroatoms. The predicted molar refractivity (Wildman–Crippen MR) is 85.1 cm³/mol. The first-order chi connectivity index (χ1) is 10.7. The minimum Gasteiger partial charge on any atom is -0.367 e. The van der Waals surface area contributed by atoms with Gasteiger partial charge in [-0.25, -0.2) is 0 Å². The van der Waals surface area contributed by atoms with E-state index in [2.05, 4.69) is 27.5 Å². The van der Waals surface area contributed by atoms with Gasteiger partial charge in [0.1, 0.15) is 11.3 Å². The van der Waals surface area contributed by atoms with Crippen LogP contribution in [0.3, 0.4) is 0 Å². The maximum absolute atomic E-state index is 12.3. The van der Waals surface area contributed by atoms with Gasteiger partial charge < -0.3 is 14.7 Å². The summed E-state index contributed by atoms with van der Waals surface area (Å²) in [4.78, 5) is 14.7. The summed E-state index contributed by atoms with van der Waals surface area (Å²) in [5.74, 6) is 0.470. The normalized spacial score (nSPS) is 17.7. The van der Waals surface area contributed by atoms with Crippen LogP contribution in [0.2, 0.25) is 0 Å². The van der Waals surface area contributed by atoms with Crippen LogP contribution >= 0.6 is 0 Å². The molecule has 0 spiro atoms. The second kappa shape index (κ2) is 6.22. The molecule has 2 heterocycles. The highest BCUT2D eigenvalue weighted by molar-refractivity contribution is 5.96. The van der Waals surface area contributed by atoms with Gasteiger partial charge in [0.15, 0.2) is 0 Å². The van der Waals surface area contributed by atoms with Crippen molar-refractivity contribution in [2.45, 2.75) is 32.7 Å². The summed E-state index contributed by atoms with van der Waals surface area (Å²) in [5, 5.41) is 6.86. The van der Waals surface area contributed by atoms with Crippen molar-refractivity contribution >= 4 is 11.6 Å². The first kappa shape index (κ1) is 14.6. The van der Waals surface area contributed by atoms with E-state index in [1.54, 1.807) is 13.8 Å². The fourth-order valence-corrected chi connectivity index (χ4v) is 3.11. The lowest BCUT2D eigenvalue weighted by atomic mass is 10.1. The lowest BCUT2D eigenvalue weighted by Crippen LogP contribution is -2.40. The van der Waals surface area contributed by atoms with Crippen LogP contribution in [-0.2, 0) is 0 Å². The van der Waals surface area contributed by atoms with Gasteiger partial charge in [-0.05, 0) is 38.8 Å². The molecule has 0 radical (unpaired) electrons. The van der Waals surface area contributed by atoms with Gasteiger partial charge in [0.25, 0.3) is 5.91 Å². The number of aromatic nitrogens is 1. The largest absolute Gasteiger partial charge is 0.367 e. The van der Waals surface area contributed by atoms with Gasteiger partial charge in [0.2, 0.25) is 0 Å². The molecule has 1 aliphatic rings. The summed E-state index contributed by atoms with van der Waals surface area (Å²) in [7, 11) is 0. The van der Waals surface area contributed by atoms with Crippen molar-refractivity contribution in [3.05, 3.63) is 47.3 Å². The summed E-state index contributed by atoms with van der Waals surface area (Å²) >= 11 is 0. The number of nitrogens with zero attached hydrogens (tertiary/aromatic N) is 2. The molecule has 0 saturated carbocycles. The zero-order chi connectivity index (χ0) is 15.5. The summed E-state index contributed by atoms with van der Waals surface area (Å²) in [6.07, 6.45) is 2.25. The summed E-state index contributed by atoms with van der Waals surface area (Å²) in [6.45, 7) is 5.23. The third-order valence-electron chi connectivity index (χ3n) is 4.22. The second-order valence-electron chi connectivity index (χ2n) is 5.73. The van der Waals surface area contributed by atoms with E-state index in [9.17, 15) is 4.79 Å². The monoisotopic (exact) mass is 299 g/mol. The highest BCUT2D eigenvalue weighted by Gasteiger charge is 2.26. The number of carbonyl (C=O) groups excluding carboxylic acids is 1. The van der Waals surface area contributed by atoms with E-state index in [0.29, 0.717) is 29.6 Å². The molecule has 2 aromatic rings. The minimum absolute atomic E-state index is 0.101. The van der Waals surface area contributed by atoms with Crippen molar-refractivity contribution in [3.63, 3.8) is 0 Å². The van der Waals surface area contributed by atoms with Gasteiger partial charge >= 0.3 is 0 Å². The Labute approximate surface area is 130 Å². The van der Waals surface area contributed by atoms with E-state index >= 15 is 0 Å². The number of hydrogen-bond donors (Lipinski definition) is 1. The fraction of sp³-hybridized carbons (Fsp3) is 0.412. The Kier molecular flexibility index (Phi) is 4.13. The van der Waals surface area contributed by atoms with Crippen molar-refractivity contribution in [2.24, 2.45) is 0 Å². The smallest absolute Gasteiger partial charge is 0.256 e. The predicted octanol–water partition coefficient (Wildman–Crippen LogP) is 2.69. The van der Waals surface area contributed by atoms with E-state index in [1.807, 2.05) is 18.2 Å². The Morgan fingerprint density at radius 3 is 2.82 bits per heavy atom. The average Bonchev–Trinajstić information content (AvgIpc) is 3.12. The molecule has 0 aliphatic carbocycles. The molecular formula is C17H21N3O2. The Hall–Kier alpha value is -2.30. The standard InChI is InChI=1S/C17H21N3O2/c1-12-16(13(2)22-19-12)17(21)18-11-15-9-6-10-20(15)14-7-4-3-5-8-14/h3-5,7-8,15H,6,9-11H2,1-2H3,(H,18,21). The number of rotatable bonds is 4. The number of aryl methyl sites for hydroxylation is 2. The van der Waals surface area contributed by atoms with Crippen LogP contribution in [0.1, 0.15) is 34.7 Å². The molecule has 5 nitrogen and oxygen atoms in total. The van der Waals surface area contributed by atoms with Crippen LogP contribution in [-0.4, -0.2) is 30.2 Å². The topological polar surface area (TPSA) is 58.4 Å². The lowest BCUT2D eigenvalue weighted by Gasteiger charge is -2.27. The average molecular weight is 299 g/mol. The molecule has 116 valence electrons. The van der Waals surface area contributed by atoms with E-state index in [4.69, 9.17) is 4.52 Å². The molecule has 1 atom stereocenters. The fourth-order valence-electron chi connectivity index (χ4n) is 3.11. The van der Waals surface area contributed by atoms with Gasteiger partial charge in [0, 0.05) is 24.8 Å². The zero-order valence-electron chi connectivity index (χ0n) is 13.0.